The number of hydrogen-bond donors (Lipinski definition) is 0. The van der Waals surface area contributed by atoms with Crippen molar-refractivity contribution in [2.75, 3.05) is 0 Å². The zero-order chi connectivity index (χ0) is 11.7. The van der Waals surface area contributed by atoms with Gasteiger partial charge in [0.2, 0.25) is 0 Å². The standard InChI is InChI=1S/C16H15F/c17-15-11-5-10-14(12-6-2-1-3-7-12)16(15)13-8-4-9-13/h1-3,5-7,10-11,13H,4,8-9H2. The Bertz CT molecular complexity index is 512. The molecule has 1 heteroatoms. The molecule has 3 rings (SSSR count). The lowest BCUT2D eigenvalue weighted by Gasteiger charge is -2.28. The number of benzene rings is 2. The first kappa shape index (κ1) is 10.5. The molecule has 0 heterocycles. The van der Waals surface area contributed by atoms with Gasteiger partial charge in [-0.05, 0) is 41.5 Å². The van der Waals surface area contributed by atoms with Gasteiger partial charge in [-0.25, -0.2) is 4.39 Å². The summed E-state index contributed by atoms with van der Waals surface area (Å²) < 4.78 is 14.0. The van der Waals surface area contributed by atoms with E-state index in [0.717, 1.165) is 29.5 Å². The van der Waals surface area contributed by atoms with Gasteiger partial charge in [0.1, 0.15) is 5.82 Å². The van der Waals surface area contributed by atoms with Crippen LogP contribution < -0.4 is 0 Å². The van der Waals surface area contributed by atoms with Gasteiger partial charge in [-0.3, -0.25) is 0 Å². The molecule has 0 atom stereocenters. The Morgan fingerprint density at radius 1 is 0.882 bits per heavy atom. The summed E-state index contributed by atoms with van der Waals surface area (Å²) in [5.74, 6) is 0.377. The van der Waals surface area contributed by atoms with E-state index in [0.29, 0.717) is 5.92 Å². The summed E-state index contributed by atoms with van der Waals surface area (Å²) in [5.41, 5.74) is 3.11. The molecule has 0 spiro atoms. The molecule has 2 aromatic carbocycles. The van der Waals surface area contributed by atoms with Gasteiger partial charge in [0, 0.05) is 0 Å². The van der Waals surface area contributed by atoms with Crippen LogP contribution in [-0.2, 0) is 0 Å². The molecule has 86 valence electrons. The van der Waals surface area contributed by atoms with Crippen LogP contribution in [0.5, 0.6) is 0 Å². The maximum atomic E-state index is 14.0. The molecule has 0 nitrogen and oxygen atoms in total. The number of halogens is 1. The second-order valence-corrected chi connectivity index (χ2v) is 4.69. The third-order valence-corrected chi connectivity index (χ3v) is 3.65. The Hall–Kier alpha value is -1.63. The minimum atomic E-state index is -0.0453. The largest absolute Gasteiger partial charge is 0.207 e. The molecule has 1 aliphatic rings. The second-order valence-electron chi connectivity index (χ2n) is 4.69. The van der Waals surface area contributed by atoms with E-state index in [4.69, 9.17) is 0 Å². The minimum Gasteiger partial charge on any atom is -0.207 e. The molecule has 0 radical (unpaired) electrons. The average Bonchev–Trinajstić information content (AvgIpc) is 2.31. The van der Waals surface area contributed by atoms with Crippen molar-refractivity contribution in [1.29, 1.82) is 0 Å². The fourth-order valence-electron chi connectivity index (χ4n) is 2.52. The Morgan fingerprint density at radius 2 is 1.65 bits per heavy atom. The van der Waals surface area contributed by atoms with Crippen LogP contribution in [0.4, 0.5) is 4.39 Å². The normalized spacial score (nSPS) is 15.6. The van der Waals surface area contributed by atoms with E-state index in [2.05, 4.69) is 12.1 Å². The van der Waals surface area contributed by atoms with Gasteiger partial charge in [0.25, 0.3) is 0 Å². The topological polar surface area (TPSA) is 0 Å². The van der Waals surface area contributed by atoms with Crippen LogP contribution in [0.3, 0.4) is 0 Å². The van der Waals surface area contributed by atoms with Crippen LogP contribution in [0.25, 0.3) is 11.1 Å². The molecular weight excluding hydrogens is 211 g/mol. The van der Waals surface area contributed by atoms with Crippen LogP contribution in [-0.4, -0.2) is 0 Å². The summed E-state index contributed by atoms with van der Waals surface area (Å²) in [4.78, 5) is 0. The highest BCUT2D eigenvalue weighted by Crippen LogP contribution is 2.42. The van der Waals surface area contributed by atoms with Crippen LogP contribution in [0.1, 0.15) is 30.7 Å². The number of hydrogen-bond acceptors (Lipinski definition) is 0. The number of rotatable bonds is 2. The predicted octanol–water partition coefficient (Wildman–Crippen LogP) is 4.76. The quantitative estimate of drug-likeness (QED) is 0.692. The molecule has 1 fully saturated rings. The molecule has 1 saturated carbocycles. The summed E-state index contributed by atoms with van der Waals surface area (Å²) in [6, 6.07) is 15.5. The van der Waals surface area contributed by atoms with E-state index in [-0.39, 0.29) is 5.82 Å². The molecule has 1 aliphatic carbocycles. The van der Waals surface area contributed by atoms with Crippen molar-refractivity contribution in [3.63, 3.8) is 0 Å². The highest BCUT2D eigenvalue weighted by Gasteiger charge is 2.25. The third kappa shape index (κ3) is 1.86. The molecule has 0 saturated heterocycles. The van der Waals surface area contributed by atoms with Crippen molar-refractivity contribution < 1.29 is 4.39 Å². The molecular formula is C16H15F. The maximum absolute atomic E-state index is 14.0. The van der Waals surface area contributed by atoms with E-state index in [9.17, 15) is 4.39 Å². The first-order valence-corrected chi connectivity index (χ1v) is 6.20. The van der Waals surface area contributed by atoms with Crippen molar-refractivity contribution in [2.45, 2.75) is 25.2 Å². The zero-order valence-corrected chi connectivity index (χ0v) is 9.70. The van der Waals surface area contributed by atoms with Gasteiger partial charge in [-0.2, -0.15) is 0 Å². The van der Waals surface area contributed by atoms with E-state index in [1.54, 1.807) is 12.1 Å². The molecule has 0 aliphatic heterocycles. The first-order chi connectivity index (χ1) is 8.36. The van der Waals surface area contributed by atoms with Crippen molar-refractivity contribution in [3.8, 4) is 11.1 Å². The van der Waals surface area contributed by atoms with Gasteiger partial charge >= 0.3 is 0 Å². The summed E-state index contributed by atoms with van der Waals surface area (Å²) >= 11 is 0. The minimum absolute atomic E-state index is 0.0453. The van der Waals surface area contributed by atoms with Crippen LogP contribution in [0, 0.1) is 5.82 Å². The molecule has 0 N–H and O–H groups in total. The Morgan fingerprint density at radius 3 is 2.29 bits per heavy atom. The van der Waals surface area contributed by atoms with E-state index in [1.165, 1.54) is 6.42 Å². The third-order valence-electron chi connectivity index (χ3n) is 3.65. The Balaban J connectivity index is 2.13. The highest BCUT2D eigenvalue weighted by atomic mass is 19.1. The highest BCUT2D eigenvalue weighted by molar-refractivity contribution is 5.68. The second kappa shape index (κ2) is 4.33. The molecule has 0 unspecified atom stereocenters. The van der Waals surface area contributed by atoms with Crippen molar-refractivity contribution in [2.24, 2.45) is 0 Å². The van der Waals surface area contributed by atoms with E-state index in [1.807, 2.05) is 24.3 Å². The summed E-state index contributed by atoms with van der Waals surface area (Å²) in [6.45, 7) is 0. The summed E-state index contributed by atoms with van der Waals surface area (Å²) in [7, 11) is 0. The van der Waals surface area contributed by atoms with Gasteiger partial charge in [0.05, 0.1) is 0 Å². The monoisotopic (exact) mass is 226 g/mol. The fourth-order valence-corrected chi connectivity index (χ4v) is 2.52. The molecule has 17 heavy (non-hydrogen) atoms. The van der Waals surface area contributed by atoms with Crippen LogP contribution in [0.2, 0.25) is 0 Å². The maximum Gasteiger partial charge on any atom is 0.127 e. The predicted molar refractivity (Wildman–Crippen MR) is 68.4 cm³/mol. The lowest BCUT2D eigenvalue weighted by molar-refractivity contribution is 0.405. The first-order valence-electron chi connectivity index (χ1n) is 6.20. The SMILES string of the molecule is Fc1cccc(-c2ccccc2)c1C1CCC1. The van der Waals surface area contributed by atoms with Gasteiger partial charge in [-0.15, -0.1) is 0 Å². The molecule has 0 amide bonds. The van der Waals surface area contributed by atoms with Gasteiger partial charge < -0.3 is 0 Å². The zero-order valence-electron chi connectivity index (χ0n) is 9.70. The summed E-state index contributed by atoms with van der Waals surface area (Å²) in [5, 5.41) is 0. The average molecular weight is 226 g/mol. The van der Waals surface area contributed by atoms with Crippen molar-refractivity contribution in [1.82, 2.24) is 0 Å². The Kier molecular flexibility index (Phi) is 2.68. The molecule has 2 aromatic rings. The Labute approximate surface area is 101 Å². The van der Waals surface area contributed by atoms with Crippen molar-refractivity contribution >= 4 is 0 Å². The van der Waals surface area contributed by atoms with Gasteiger partial charge in [-0.1, -0.05) is 48.9 Å². The fraction of sp³-hybridized carbons (Fsp3) is 0.250. The molecule has 0 bridgehead atoms. The van der Waals surface area contributed by atoms with E-state index >= 15 is 0 Å². The van der Waals surface area contributed by atoms with Crippen molar-refractivity contribution in [3.05, 3.63) is 59.9 Å². The summed E-state index contributed by atoms with van der Waals surface area (Å²) in [6.07, 6.45) is 3.48. The van der Waals surface area contributed by atoms with Crippen LogP contribution >= 0.6 is 0 Å². The smallest absolute Gasteiger partial charge is 0.127 e. The molecule has 0 aromatic heterocycles. The van der Waals surface area contributed by atoms with Gasteiger partial charge in [0.15, 0.2) is 0 Å². The van der Waals surface area contributed by atoms with E-state index < -0.39 is 0 Å². The lowest BCUT2D eigenvalue weighted by Crippen LogP contribution is -2.12. The van der Waals surface area contributed by atoms with Crippen LogP contribution in [0.15, 0.2) is 48.5 Å². The lowest BCUT2D eigenvalue weighted by atomic mass is 9.77.